The summed E-state index contributed by atoms with van der Waals surface area (Å²) in [6, 6.07) is 8.89. The molecule has 0 radical (unpaired) electrons. The van der Waals surface area contributed by atoms with Gasteiger partial charge in [0.25, 0.3) is 5.56 Å². The molecule has 1 aromatic heterocycles. The van der Waals surface area contributed by atoms with Crippen LogP contribution in [0.3, 0.4) is 0 Å². The fourth-order valence-electron chi connectivity index (χ4n) is 1.27. The van der Waals surface area contributed by atoms with Crippen LogP contribution in [0.4, 0.5) is 0 Å². The second-order valence-electron chi connectivity index (χ2n) is 3.26. The smallest absolute Gasteiger partial charge is 0.267 e. The van der Waals surface area contributed by atoms with Gasteiger partial charge >= 0.3 is 0 Å². The third-order valence-corrected chi connectivity index (χ3v) is 2.25. The first kappa shape index (κ1) is 9.93. The predicted octanol–water partition coefficient (Wildman–Crippen LogP) is 2.19. The molecule has 0 aliphatic rings. The van der Waals surface area contributed by atoms with Gasteiger partial charge in [-0.05, 0) is 19.1 Å². The van der Waals surface area contributed by atoms with Gasteiger partial charge in [0.05, 0.1) is 16.9 Å². The Morgan fingerprint density at radius 3 is 2.53 bits per heavy atom. The van der Waals surface area contributed by atoms with Crippen molar-refractivity contribution in [3.63, 3.8) is 0 Å². The van der Waals surface area contributed by atoms with E-state index in [2.05, 4.69) is 5.10 Å². The largest absolute Gasteiger partial charge is 0.272 e. The van der Waals surface area contributed by atoms with E-state index in [0.29, 0.717) is 5.02 Å². The highest BCUT2D eigenvalue weighted by Crippen LogP contribution is 2.07. The highest BCUT2D eigenvalue weighted by atomic mass is 35.5. The van der Waals surface area contributed by atoms with E-state index in [1.165, 1.54) is 16.9 Å². The molecule has 0 amide bonds. The lowest BCUT2D eigenvalue weighted by molar-refractivity contribution is 0.807. The number of nitrogens with zero attached hydrogens (tertiary/aromatic N) is 2. The summed E-state index contributed by atoms with van der Waals surface area (Å²) < 4.78 is 1.31. The van der Waals surface area contributed by atoms with Crippen LogP contribution < -0.4 is 5.56 Å². The summed E-state index contributed by atoms with van der Waals surface area (Å²) in [6.07, 6.45) is 1.45. The van der Waals surface area contributed by atoms with E-state index in [1.807, 2.05) is 31.2 Å². The monoisotopic (exact) mass is 220 g/mol. The Labute approximate surface area is 91.9 Å². The number of hydrogen-bond acceptors (Lipinski definition) is 2. The molecular formula is C11H9ClN2O. The summed E-state index contributed by atoms with van der Waals surface area (Å²) in [5, 5.41) is 4.30. The van der Waals surface area contributed by atoms with Crippen molar-refractivity contribution in [3.8, 4) is 5.69 Å². The van der Waals surface area contributed by atoms with Crippen molar-refractivity contribution < 1.29 is 0 Å². The van der Waals surface area contributed by atoms with Gasteiger partial charge in [0.2, 0.25) is 0 Å². The van der Waals surface area contributed by atoms with E-state index in [9.17, 15) is 4.79 Å². The maximum atomic E-state index is 11.5. The van der Waals surface area contributed by atoms with Crippen molar-refractivity contribution in [2.45, 2.75) is 6.92 Å². The number of rotatable bonds is 1. The molecule has 0 fully saturated rings. The van der Waals surface area contributed by atoms with Gasteiger partial charge in [-0.1, -0.05) is 29.3 Å². The van der Waals surface area contributed by atoms with Gasteiger partial charge in [-0.3, -0.25) is 4.79 Å². The molecule has 0 N–H and O–H groups in total. The Balaban J connectivity index is 2.55. The molecule has 0 unspecified atom stereocenters. The van der Waals surface area contributed by atoms with E-state index >= 15 is 0 Å². The van der Waals surface area contributed by atoms with Crippen molar-refractivity contribution in [1.82, 2.24) is 9.78 Å². The Morgan fingerprint density at radius 1 is 1.27 bits per heavy atom. The molecule has 4 heteroatoms. The maximum absolute atomic E-state index is 11.5. The van der Waals surface area contributed by atoms with Crippen LogP contribution in [0.25, 0.3) is 5.69 Å². The van der Waals surface area contributed by atoms with E-state index < -0.39 is 0 Å². The highest BCUT2D eigenvalue weighted by molar-refractivity contribution is 6.30. The zero-order valence-electron chi connectivity index (χ0n) is 8.14. The molecule has 0 saturated carbocycles. The third kappa shape index (κ3) is 2.07. The Morgan fingerprint density at radius 2 is 1.93 bits per heavy atom. The molecule has 0 bridgehead atoms. The molecule has 1 aromatic carbocycles. The molecule has 76 valence electrons. The first-order valence-corrected chi connectivity index (χ1v) is 4.86. The minimum absolute atomic E-state index is 0.230. The molecule has 2 aromatic rings. The third-order valence-electron chi connectivity index (χ3n) is 2.05. The molecule has 1 heterocycles. The predicted molar refractivity (Wildman–Crippen MR) is 59.6 cm³/mol. The fourth-order valence-corrected chi connectivity index (χ4v) is 1.40. The Kier molecular flexibility index (Phi) is 2.56. The van der Waals surface area contributed by atoms with E-state index in [-0.39, 0.29) is 5.56 Å². The van der Waals surface area contributed by atoms with Gasteiger partial charge < -0.3 is 0 Å². The SMILES string of the molecule is Cc1ccc(-n2ncc(Cl)cc2=O)cc1. The van der Waals surface area contributed by atoms with Crippen LogP contribution in [-0.2, 0) is 0 Å². The first-order valence-electron chi connectivity index (χ1n) is 4.49. The van der Waals surface area contributed by atoms with Crippen LogP contribution in [-0.4, -0.2) is 9.78 Å². The molecule has 0 spiro atoms. The van der Waals surface area contributed by atoms with Crippen molar-refractivity contribution in [2.75, 3.05) is 0 Å². The second kappa shape index (κ2) is 3.87. The van der Waals surface area contributed by atoms with Crippen LogP contribution in [0.15, 0.2) is 41.3 Å². The molecule has 0 atom stereocenters. The van der Waals surface area contributed by atoms with E-state index in [0.717, 1.165) is 11.3 Å². The summed E-state index contributed by atoms with van der Waals surface area (Å²) in [6.45, 7) is 1.99. The summed E-state index contributed by atoms with van der Waals surface area (Å²) in [5.74, 6) is 0. The van der Waals surface area contributed by atoms with Crippen molar-refractivity contribution in [2.24, 2.45) is 0 Å². The number of aryl methyl sites for hydroxylation is 1. The van der Waals surface area contributed by atoms with Crippen molar-refractivity contribution in [3.05, 3.63) is 57.5 Å². The zero-order chi connectivity index (χ0) is 10.8. The van der Waals surface area contributed by atoms with Gasteiger partial charge in [0, 0.05) is 6.07 Å². The minimum Gasteiger partial charge on any atom is -0.267 e. The number of halogens is 1. The molecule has 3 nitrogen and oxygen atoms in total. The maximum Gasteiger partial charge on any atom is 0.272 e. The van der Waals surface area contributed by atoms with Crippen LogP contribution in [0.2, 0.25) is 5.02 Å². The van der Waals surface area contributed by atoms with Crippen molar-refractivity contribution in [1.29, 1.82) is 0 Å². The van der Waals surface area contributed by atoms with E-state index in [4.69, 9.17) is 11.6 Å². The Bertz CT molecular complexity index is 531. The van der Waals surface area contributed by atoms with Crippen LogP contribution in [0.1, 0.15) is 5.56 Å². The average molecular weight is 221 g/mol. The lowest BCUT2D eigenvalue weighted by Gasteiger charge is -2.03. The first-order chi connectivity index (χ1) is 7.16. The van der Waals surface area contributed by atoms with Crippen LogP contribution >= 0.6 is 11.6 Å². The lowest BCUT2D eigenvalue weighted by atomic mass is 10.2. The number of benzene rings is 1. The molecule has 0 aliphatic heterocycles. The standard InChI is InChI=1S/C11H9ClN2O/c1-8-2-4-10(5-3-8)14-11(15)6-9(12)7-13-14/h2-7H,1H3. The fraction of sp³-hybridized carbons (Fsp3) is 0.0909. The quantitative estimate of drug-likeness (QED) is 0.739. The van der Waals surface area contributed by atoms with Gasteiger partial charge in [0.1, 0.15) is 0 Å². The topological polar surface area (TPSA) is 34.9 Å². The molecular weight excluding hydrogens is 212 g/mol. The molecule has 2 rings (SSSR count). The van der Waals surface area contributed by atoms with Gasteiger partial charge in [-0.25, -0.2) is 0 Å². The van der Waals surface area contributed by atoms with Crippen LogP contribution in [0, 0.1) is 6.92 Å². The average Bonchev–Trinajstić information content (AvgIpc) is 2.20. The summed E-state index contributed by atoms with van der Waals surface area (Å²) in [7, 11) is 0. The summed E-state index contributed by atoms with van der Waals surface area (Å²) in [4.78, 5) is 11.5. The second-order valence-corrected chi connectivity index (χ2v) is 3.70. The number of hydrogen-bond donors (Lipinski definition) is 0. The summed E-state index contributed by atoms with van der Waals surface area (Å²) in [5.41, 5.74) is 1.65. The number of aromatic nitrogens is 2. The Hall–Kier alpha value is -1.61. The van der Waals surface area contributed by atoms with Gasteiger partial charge in [-0.2, -0.15) is 9.78 Å². The molecule has 0 saturated heterocycles. The lowest BCUT2D eigenvalue weighted by Crippen LogP contribution is -2.19. The molecule has 15 heavy (non-hydrogen) atoms. The summed E-state index contributed by atoms with van der Waals surface area (Å²) >= 11 is 5.65. The minimum atomic E-state index is -0.230. The van der Waals surface area contributed by atoms with Gasteiger partial charge in [-0.15, -0.1) is 0 Å². The van der Waals surface area contributed by atoms with Gasteiger partial charge in [0.15, 0.2) is 0 Å². The zero-order valence-corrected chi connectivity index (χ0v) is 8.90. The normalized spacial score (nSPS) is 10.3. The van der Waals surface area contributed by atoms with Crippen LogP contribution in [0.5, 0.6) is 0 Å². The highest BCUT2D eigenvalue weighted by Gasteiger charge is 2.00. The van der Waals surface area contributed by atoms with Crippen molar-refractivity contribution >= 4 is 11.6 Å². The van der Waals surface area contributed by atoms with E-state index in [1.54, 1.807) is 0 Å². The molecule has 0 aliphatic carbocycles.